The fourth-order valence-corrected chi connectivity index (χ4v) is 23.9. The zero-order valence-corrected chi connectivity index (χ0v) is 75.5. The number of hydrogen-bond acceptors (Lipinski definition) is 19. The average molecular weight is 1820 g/mol. The molecule has 0 unspecified atom stereocenters. The monoisotopic (exact) mass is 1820 g/mol. The van der Waals surface area contributed by atoms with Crippen molar-refractivity contribution >= 4 is 58.7 Å². The summed E-state index contributed by atoms with van der Waals surface area (Å²) in [5.41, 5.74) is 12.6. The summed E-state index contributed by atoms with van der Waals surface area (Å²) in [6.45, 7) is 37.0. The number of aromatic nitrogens is 9. The Balaban J connectivity index is 0.000000149. The molecule has 0 bridgehead atoms. The van der Waals surface area contributed by atoms with Crippen molar-refractivity contribution in [3.8, 4) is 45.0 Å². The van der Waals surface area contributed by atoms with Crippen molar-refractivity contribution < 1.29 is 51.2 Å². The number of fused-ring (bicyclic) bond motifs is 13. The molecule has 23 nitrogen and oxygen atoms in total. The number of ketones is 2. The number of aliphatic hydroxyl groups is 1. The second kappa shape index (κ2) is 39.0. The molecule has 5 fully saturated rings. The fraction of sp³-hybridized carbons (Fsp3) is 0.510. The van der Waals surface area contributed by atoms with E-state index in [0.29, 0.717) is 190 Å². The molecule has 700 valence electrons. The van der Waals surface area contributed by atoms with Crippen LogP contribution in [0.2, 0.25) is 5.28 Å². The minimum Gasteiger partial charge on any atom is -0.523 e. The number of hydrogen-bond donors (Lipinski definition) is 1. The van der Waals surface area contributed by atoms with E-state index in [4.69, 9.17) is 52.6 Å². The average Bonchev–Trinajstić information content (AvgIpc) is 1.19. The van der Waals surface area contributed by atoms with Crippen LogP contribution >= 0.6 is 11.6 Å². The van der Waals surface area contributed by atoms with Gasteiger partial charge in [0, 0.05) is 208 Å². The first kappa shape index (κ1) is 98.1. The van der Waals surface area contributed by atoms with Gasteiger partial charge < -0.3 is 39.0 Å². The Hall–Kier alpha value is -11.4. The molecule has 20 rings (SSSR count). The number of benzene rings is 4. The van der Waals surface area contributed by atoms with Crippen LogP contribution in [0.5, 0.6) is 0 Å². The van der Waals surface area contributed by atoms with Crippen LogP contribution < -0.4 is 14.7 Å². The number of allylic oxidation sites excluding steroid dienone is 2. The summed E-state index contributed by atoms with van der Waals surface area (Å²) in [4.78, 5) is 115. The lowest BCUT2D eigenvalue weighted by Crippen LogP contribution is -2.50. The van der Waals surface area contributed by atoms with Crippen LogP contribution in [0.4, 0.5) is 35.4 Å². The molecule has 28 heteroatoms. The Kier molecular flexibility index (Phi) is 29.0. The Labute approximate surface area is 779 Å². The summed E-state index contributed by atoms with van der Waals surface area (Å²) >= 11 is 6.23. The highest BCUT2D eigenvalue weighted by Crippen LogP contribution is 2.59. The summed E-state index contributed by atoms with van der Waals surface area (Å²) in [5.74, 6) is 3.67. The highest BCUT2D eigenvalue weighted by Gasteiger charge is 2.55. The summed E-state index contributed by atoms with van der Waals surface area (Å²) in [6, 6.07) is 27.0. The molecule has 0 radical (unpaired) electrons. The maximum Gasteiger partial charge on any atom is 0.226 e. The van der Waals surface area contributed by atoms with Gasteiger partial charge in [0.1, 0.15) is 40.6 Å². The number of aliphatic hydroxyl groups excluding tert-OH is 1. The van der Waals surface area contributed by atoms with Crippen molar-refractivity contribution in [1.29, 1.82) is 0 Å². The summed E-state index contributed by atoms with van der Waals surface area (Å²) in [6.07, 6.45) is 12.2. The number of piperazine rings is 3. The van der Waals surface area contributed by atoms with Crippen molar-refractivity contribution in [1.82, 2.24) is 59.7 Å². The first-order chi connectivity index (χ1) is 61.3. The van der Waals surface area contributed by atoms with Crippen LogP contribution in [0.3, 0.4) is 0 Å². The third-order valence-corrected chi connectivity index (χ3v) is 31.2. The molecule has 0 spiro atoms. The number of halogens is 5. The number of amides is 3. The minimum atomic E-state index is -0.474. The van der Waals surface area contributed by atoms with Crippen molar-refractivity contribution in [2.24, 2.45) is 41.4 Å². The van der Waals surface area contributed by atoms with Gasteiger partial charge in [0.05, 0.1) is 64.1 Å². The smallest absolute Gasteiger partial charge is 0.226 e. The van der Waals surface area contributed by atoms with Crippen molar-refractivity contribution in [2.75, 3.05) is 93.2 Å². The molecule has 5 aromatic heterocycles. The predicted molar refractivity (Wildman–Crippen MR) is 507 cm³/mol. The molecular formula is C104H127ClF4N16O7. The number of carbonyl (C=O) groups is 5. The summed E-state index contributed by atoms with van der Waals surface area (Å²) in [7, 11) is 0. The molecular weight excluding hydrogens is 1700 g/mol. The SMILES string of the molecule is C.C.C.C.CC(=O)N1CCN(c2nc(-c3ccccc3F)c3c(n2)[C@]2(C)CCC(=O)[C@H](C)[C@H]2CC3)CC1.CC(=O)N1CCN(c2nc(-c3ccccc3F)c3c(n2)[C@]2(C)Cc4cnoc4[C@H](C)[C@H]2CC3)CC1.C[C@H]1C(=O)CC[C@@]2(C)c3nc(Cl)nc(-c4ccccc4F)c3CC[C@H]12.[C-]#[N+]C1=C(O)[C@H](C)[C@H]2CCc3c(-c4ccccc4F)nc(N4CCN(C(C)=O)CC4)nc3[C@]2(C)C1. The second-order valence-corrected chi connectivity index (χ2v) is 38.4. The van der Waals surface area contributed by atoms with Gasteiger partial charge in [0.2, 0.25) is 46.5 Å². The molecule has 8 aliphatic carbocycles. The molecule has 12 atom stereocenters. The van der Waals surface area contributed by atoms with E-state index >= 15 is 8.78 Å². The van der Waals surface area contributed by atoms with Crippen LogP contribution in [-0.4, -0.2) is 173 Å². The molecule has 1 N–H and O–H groups in total. The summed E-state index contributed by atoms with van der Waals surface area (Å²) in [5, 5.41) is 14.9. The molecule has 2 saturated carbocycles. The van der Waals surface area contributed by atoms with Crippen LogP contribution in [0, 0.1) is 71.3 Å². The molecule has 8 heterocycles. The van der Waals surface area contributed by atoms with Gasteiger partial charge >= 0.3 is 0 Å². The number of anilines is 3. The molecule has 11 aliphatic rings. The lowest BCUT2D eigenvalue weighted by atomic mass is 9.56. The van der Waals surface area contributed by atoms with Gasteiger partial charge in [-0.15, -0.1) is 0 Å². The van der Waals surface area contributed by atoms with E-state index in [1.807, 2.05) is 59.0 Å². The van der Waals surface area contributed by atoms with Crippen LogP contribution in [0.25, 0.3) is 49.9 Å². The highest BCUT2D eigenvalue weighted by molar-refractivity contribution is 6.28. The molecule has 3 amide bonds. The lowest BCUT2D eigenvalue weighted by molar-refractivity contribution is -0.129. The molecule has 3 saturated heterocycles. The van der Waals surface area contributed by atoms with Crippen LogP contribution in [0.15, 0.2) is 119 Å². The van der Waals surface area contributed by atoms with E-state index in [-0.39, 0.29) is 139 Å². The topological polar surface area (TPSA) is 259 Å². The van der Waals surface area contributed by atoms with Crippen LogP contribution in [0.1, 0.15) is 226 Å². The first-order valence-corrected chi connectivity index (χ1v) is 45.8. The number of nitrogens with zero attached hydrogens (tertiary/aromatic N) is 16. The minimum absolute atomic E-state index is 0. The van der Waals surface area contributed by atoms with Crippen molar-refractivity contribution in [3.63, 3.8) is 0 Å². The van der Waals surface area contributed by atoms with E-state index in [2.05, 4.69) is 76.2 Å². The number of rotatable bonds is 7. The predicted octanol–water partition coefficient (Wildman–Crippen LogP) is 19.7. The molecule has 132 heavy (non-hydrogen) atoms. The van der Waals surface area contributed by atoms with Crippen LogP contribution in [-0.2, 0) is 77.7 Å². The maximum atomic E-state index is 15.1. The van der Waals surface area contributed by atoms with Gasteiger partial charge in [0.25, 0.3) is 0 Å². The fourth-order valence-electron chi connectivity index (χ4n) is 23.7. The van der Waals surface area contributed by atoms with E-state index in [9.17, 15) is 37.9 Å². The zero-order valence-electron chi connectivity index (χ0n) is 74.8. The van der Waals surface area contributed by atoms with Gasteiger partial charge in [-0.3, -0.25) is 24.0 Å². The molecule has 4 aromatic carbocycles. The highest BCUT2D eigenvalue weighted by atomic mass is 35.5. The van der Waals surface area contributed by atoms with E-state index in [1.165, 1.54) is 24.3 Å². The van der Waals surface area contributed by atoms with Gasteiger partial charge in [-0.1, -0.05) is 139 Å². The van der Waals surface area contributed by atoms with Crippen molar-refractivity contribution in [3.05, 3.63) is 211 Å². The first-order valence-electron chi connectivity index (χ1n) is 45.4. The molecule has 3 aliphatic heterocycles. The van der Waals surface area contributed by atoms with E-state index < -0.39 is 5.41 Å². The quantitative estimate of drug-likeness (QED) is 0.0883. The Bertz CT molecular complexity index is 5960. The Morgan fingerprint density at radius 1 is 0.424 bits per heavy atom. The van der Waals surface area contributed by atoms with Gasteiger partial charge in [-0.2, -0.15) is 0 Å². The summed E-state index contributed by atoms with van der Waals surface area (Å²) < 4.78 is 65.0. The van der Waals surface area contributed by atoms with Gasteiger partial charge in [-0.05, 0) is 161 Å². The van der Waals surface area contributed by atoms with Gasteiger partial charge in [0.15, 0.2) is 0 Å². The van der Waals surface area contributed by atoms with E-state index in [1.54, 1.807) is 69.3 Å². The zero-order chi connectivity index (χ0) is 90.3. The second-order valence-electron chi connectivity index (χ2n) is 38.0. The third kappa shape index (κ3) is 17.7. The Morgan fingerprint density at radius 3 is 1.06 bits per heavy atom. The number of Topliss-reactive ketones (excluding diaryl/α,β-unsaturated/α-hetero) is 2. The van der Waals surface area contributed by atoms with E-state index in [0.717, 1.165) is 121 Å². The number of carbonyl (C=O) groups excluding carboxylic acids is 5. The molecule has 9 aromatic rings. The lowest BCUT2D eigenvalue weighted by Gasteiger charge is -2.48. The standard InChI is InChI=1S/2C27H30FN5O2.C26H31FN4O2.C20H20ClFN2O.4CH4/c1-16-21-9-8-20-23(19-6-4-5-7-22(19)28)30-26(33-12-10-32(11-13-33)17(2)34)31-25(20)27(21,3)14-18-15-29-35-24(16)18;1-16-20-10-9-19-23(18-7-5-6-8-21(18)28)30-26(33-13-11-32(12-14-33)17(2)34)31-25(19)27(20,3)15-22(29-4)24(16)35;1-16-20-9-8-19-23(18-6-4-5-7-21(18)27)28-25(31-14-12-30(13-15-31)17(2)32)29-24(19)26(20,3)11-10-22(16)33;1-11-14-8-7-13-17(12-5-3-4-6-15(12)22)23-19(21)24-18(13)20(14,2)10-9-16(11)25;;;;/h4-7,15-16,21H,8-14H2,1-3H3;5-8,16,20,35H,9-15H2,1-3H3;4-7,16,20H,8-15H2,1-3H3;3-6,11,14H,7-10H2,1-2H3;4*1H4/t16-,21-,27-;16-,20-,27-;16-,20-,26-;11-,14-,20-;;;;/m1111..../s1. The maximum absolute atomic E-state index is 15.1. The van der Waals surface area contributed by atoms with Gasteiger partial charge in [-0.25, -0.2) is 62.3 Å². The normalized spacial score (nSPS) is 25.9. The van der Waals surface area contributed by atoms with Crippen molar-refractivity contribution in [2.45, 2.75) is 223 Å². The third-order valence-electron chi connectivity index (χ3n) is 31.0. The Morgan fingerprint density at radius 2 is 0.727 bits per heavy atom. The largest absolute Gasteiger partial charge is 0.523 e.